The molecular formula is C17H21N7O2S2. The van der Waals surface area contributed by atoms with Crippen LogP contribution in [-0.2, 0) is 22.6 Å². The Bertz CT molecular complexity index is 983. The molecule has 2 amide bonds. The first-order valence-corrected chi connectivity index (χ1v) is 10.5. The zero-order chi connectivity index (χ0) is 20.1. The molecule has 0 radical (unpaired) electrons. The van der Waals surface area contributed by atoms with Crippen molar-refractivity contribution in [3.05, 3.63) is 24.0 Å². The Hall–Kier alpha value is -2.53. The number of aromatic nitrogens is 5. The number of amides is 2. The lowest BCUT2D eigenvalue weighted by Gasteiger charge is -2.12. The van der Waals surface area contributed by atoms with Crippen molar-refractivity contribution >= 4 is 52.0 Å². The van der Waals surface area contributed by atoms with Crippen LogP contribution in [0.1, 0.15) is 26.1 Å². The smallest absolute Gasteiger partial charge is 0.234 e. The van der Waals surface area contributed by atoms with Crippen molar-refractivity contribution in [3.8, 4) is 0 Å². The molecule has 0 unspecified atom stereocenters. The molecule has 0 spiro atoms. The highest BCUT2D eigenvalue weighted by Gasteiger charge is 2.16. The molecule has 9 nitrogen and oxygen atoms in total. The van der Waals surface area contributed by atoms with Crippen LogP contribution < -0.4 is 11.1 Å². The van der Waals surface area contributed by atoms with Crippen LogP contribution in [0.4, 0.5) is 5.69 Å². The molecule has 11 heteroatoms. The van der Waals surface area contributed by atoms with Gasteiger partial charge < -0.3 is 15.6 Å². The van der Waals surface area contributed by atoms with Gasteiger partial charge in [-0.25, -0.2) is 0 Å². The molecule has 3 N–H and O–H groups in total. The molecule has 0 atom stereocenters. The lowest BCUT2D eigenvalue weighted by atomic mass is 10.2. The van der Waals surface area contributed by atoms with Crippen molar-refractivity contribution in [2.75, 3.05) is 11.1 Å². The molecule has 2 heterocycles. The van der Waals surface area contributed by atoms with Crippen LogP contribution in [0, 0.1) is 5.92 Å². The van der Waals surface area contributed by atoms with E-state index in [1.54, 1.807) is 6.07 Å². The van der Waals surface area contributed by atoms with Crippen molar-refractivity contribution in [2.24, 2.45) is 11.7 Å². The Morgan fingerprint density at radius 3 is 2.86 bits per heavy atom. The number of fused-ring (bicyclic) bond motifs is 1. The molecule has 3 aromatic rings. The van der Waals surface area contributed by atoms with E-state index in [-0.39, 0.29) is 24.0 Å². The van der Waals surface area contributed by atoms with Crippen LogP contribution in [0.25, 0.3) is 11.0 Å². The third-order valence-corrected chi connectivity index (χ3v) is 5.34. The largest absolute Gasteiger partial charge is 0.370 e. The minimum atomic E-state index is -0.376. The Morgan fingerprint density at radius 2 is 2.11 bits per heavy atom. The summed E-state index contributed by atoms with van der Waals surface area (Å²) in [5, 5.41) is 11.9. The molecule has 0 bridgehead atoms. The van der Waals surface area contributed by atoms with Crippen molar-refractivity contribution in [3.63, 3.8) is 0 Å². The summed E-state index contributed by atoms with van der Waals surface area (Å²) in [7, 11) is 0. The van der Waals surface area contributed by atoms with Gasteiger partial charge in [-0.3, -0.25) is 9.59 Å². The second kappa shape index (κ2) is 9.11. The molecule has 2 aromatic heterocycles. The normalized spacial score (nSPS) is 11.2. The molecule has 28 heavy (non-hydrogen) atoms. The number of primary amides is 1. The third-order valence-electron chi connectivity index (χ3n) is 3.83. The summed E-state index contributed by atoms with van der Waals surface area (Å²) in [6.45, 7) is 4.87. The first-order chi connectivity index (χ1) is 13.4. The van der Waals surface area contributed by atoms with Crippen LogP contribution >= 0.6 is 23.5 Å². The molecule has 0 aliphatic carbocycles. The summed E-state index contributed by atoms with van der Waals surface area (Å²) in [6, 6.07) is 5.48. The minimum Gasteiger partial charge on any atom is -0.370 e. The van der Waals surface area contributed by atoms with Crippen LogP contribution in [0.2, 0.25) is 0 Å². The highest BCUT2D eigenvalue weighted by atomic mass is 32.2. The number of nitrogens with zero attached hydrogens (tertiary/aromatic N) is 5. The molecule has 0 fully saturated rings. The highest BCUT2D eigenvalue weighted by molar-refractivity contribution is 7.99. The molecular weight excluding hydrogens is 398 g/mol. The summed E-state index contributed by atoms with van der Waals surface area (Å²) in [6.07, 6.45) is 0.647. The standard InChI is InChI=1S/C17H21N7O2S2/c1-10(2)8-24-14(7-6-13(18)25)20-21-17(24)27-9-15(26)19-11-4-3-5-12-16(11)23-28-22-12/h3-5,10H,6-9H2,1-2H3,(H2,18,25)(H,19,26). The van der Waals surface area contributed by atoms with Gasteiger partial charge in [-0.1, -0.05) is 31.7 Å². The van der Waals surface area contributed by atoms with E-state index in [1.165, 1.54) is 11.8 Å². The van der Waals surface area contributed by atoms with E-state index in [0.29, 0.717) is 41.1 Å². The number of hydrogen-bond donors (Lipinski definition) is 2. The maximum atomic E-state index is 12.4. The van der Waals surface area contributed by atoms with Crippen LogP contribution in [0.3, 0.4) is 0 Å². The fourth-order valence-electron chi connectivity index (χ4n) is 2.62. The molecule has 0 aliphatic rings. The van der Waals surface area contributed by atoms with E-state index in [2.05, 4.69) is 38.1 Å². The first kappa shape index (κ1) is 20.2. The summed E-state index contributed by atoms with van der Waals surface area (Å²) in [4.78, 5) is 23.5. The number of rotatable bonds is 9. The fourth-order valence-corrected chi connectivity index (χ4v) is 3.93. The third kappa shape index (κ3) is 5.04. The predicted molar refractivity (Wildman–Crippen MR) is 109 cm³/mol. The average molecular weight is 420 g/mol. The van der Waals surface area contributed by atoms with Gasteiger partial charge in [-0.2, -0.15) is 8.75 Å². The van der Waals surface area contributed by atoms with Crippen molar-refractivity contribution in [2.45, 2.75) is 38.4 Å². The first-order valence-electron chi connectivity index (χ1n) is 8.78. The Balaban J connectivity index is 1.66. The second-order valence-corrected chi connectivity index (χ2v) is 8.11. The SMILES string of the molecule is CC(C)Cn1c(CCC(N)=O)nnc1SCC(=O)Nc1cccc2nsnc12. The van der Waals surface area contributed by atoms with Crippen molar-refractivity contribution in [1.29, 1.82) is 0 Å². The summed E-state index contributed by atoms with van der Waals surface area (Å²) in [5.41, 5.74) is 7.32. The van der Waals surface area contributed by atoms with Gasteiger partial charge in [0.25, 0.3) is 0 Å². The number of hydrogen-bond acceptors (Lipinski definition) is 8. The average Bonchev–Trinajstić information content (AvgIpc) is 3.25. The monoisotopic (exact) mass is 419 g/mol. The van der Waals surface area contributed by atoms with Gasteiger partial charge in [-0.15, -0.1) is 10.2 Å². The number of carbonyl (C=O) groups excluding carboxylic acids is 2. The predicted octanol–water partition coefficient (Wildman–Crippen LogP) is 2.09. The molecule has 3 rings (SSSR count). The van der Waals surface area contributed by atoms with E-state index < -0.39 is 0 Å². The van der Waals surface area contributed by atoms with E-state index in [1.807, 2.05) is 16.7 Å². The zero-order valence-corrected chi connectivity index (χ0v) is 17.2. The Labute approximate surface area is 170 Å². The van der Waals surface area contributed by atoms with E-state index in [9.17, 15) is 9.59 Å². The Morgan fingerprint density at radius 1 is 1.29 bits per heavy atom. The number of nitrogens with one attached hydrogen (secondary N) is 1. The van der Waals surface area contributed by atoms with E-state index in [4.69, 9.17) is 5.73 Å². The number of nitrogens with two attached hydrogens (primary N) is 1. The molecule has 148 valence electrons. The number of benzene rings is 1. The van der Waals surface area contributed by atoms with E-state index >= 15 is 0 Å². The maximum Gasteiger partial charge on any atom is 0.234 e. The zero-order valence-electron chi connectivity index (χ0n) is 15.6. The van der Waals surface area contributed by atoms with Gasteiger partial charge >= 0.3 is 0 Å². The summed E-state index contributed by atoms with van der Waals surface area (Å²) < 4.78 is 10.3. The van der Waals surface area contributed by atoms with Gasteiger partial charge in [0.05, 0.1) is 23.2 Å². The number of aryl methyl sites for hydroxylation is 1. The molecule has 0 aliphatic heterocycles. The molecule has 0 saturated carbocycles. The number of thioether (sulfide) groups is 1. The van der Waals surface area contributed by atoms with E-state index in [0.717, 1.165) is 17.2 Å². The molecule has 0 saturated heterocycles. The number of carbonyl (C=O) groups is 2. The lowest BCUT2D eigenvalue weighted by Crippen LogP contribution is -2.17. The van der Waals surface area contributed by atoms with Crippen molar-refractivity contribution in [1.82, 2.24) is 23.5 Å². The maximum absolute atomic E-state index is 12.4. The van der Waals surface area contributed by atoms with Gasteiger partial charge in [0, 0.05) is 19.4 Å². The number of anilines is 1. The summed E-state index contributed by atoms with van der Waals surface area (Å²) >= 11 is 2.42. The van der Waals surface area contributed by atoms with Crippen LogP contribution in [0.15, 0.2) is 23.4 Å². The van der Waals surface area contributed by atoms with Crippen LogP contribution in [0.5, 0.6) is 0 Å². The minimum absolute atomic E-state index is 0.164. The fraction of sp³-hybridized carbons (Fsp3) is 0.412. The highest BCUT2D eigenvalue weighted by Crippen LogP contribution is 2.23. The summed E-state index contributed by atoms with van der Waals surface area (Å²) in [5.74, 6) is 0.710. The quantitative estimate of drug-likeness (QED) is 0.508. The second-order valence-electron chi connectivity index (χ2n) is 6.64. The van der Waals surface area contributed by atoms with Gasteiger partial charge in [0.1, 0.15) is 16.9 Å². The van der Waals surface area contributed by atoms with Gasteiger partial charge in [0.2, 0.25) is 11.8 Å². The lowest BCUT2D eigenvalue weighted by molar-refractivity contribution is -0.118. The molecule has 1 aromatic carbocycles. The topological polar surface area (TPSA) is 129 Å². The Kier molecular flexibility index (Phi) is 6.57. The van der Waals surface area contributed by atoms with Crippen molar-refractivity contribution < 1.29 is 9.59 Å². The van der Waals surface area contributed by atoms with Gasteiger partial charge in [0.15, 0.2) is 5.16 Å². The van der Waals surface area contributed by atoms with Gasteiger partial charge in [-0.05, 0) is 18.1 Å². The van der Waals surface area contributed by atoms with Crippen LogP contribution in [-0.4, -0.2) is 41.1 Å².